The highest BCUT2D eigenvalue weighted by Crippen LogP contribution is 2.22. The zero-order valence-corrected chi connectivity index (χ0v) is 14.5. The number of benzene rings is 1. The van der Waals surface area contributed by atoms with E-state index in [1.54, 1.807) is 6.33 Å². The van der Waals surface area contributed by atoms with Crippen LogP contribution in [0.25, 0.3) is 5.69 Å². The average Bonchev–Trinajstić information content (AvgIpc) is 3.37. The molecule has 4 rings (SSSR count). The molecule has 0 amide bonds. The lowest BCUT2D eigenvalue weighted by molar-refractivity contribution is 0.300. The fourth-order valence-corrected chi connectivity index (χ4v) is 3.14. The Hall–Kier alpha value is -2.65. The zero-order valence-electron chi connectivity index (χ0n) is 14.5. The van der Waals surface area contributed by atoms with Gasteiger partial charge in [0.2, 0.25) is 0 Å². The lowest BCUT2D eigenvalue weighted by Crippen LogP contribution is -2.21. The number of hydrogen-bond donors (Lipinski definition) is 2. The van der Waals surface area contributed by atoms with E-state index in [9.17, 15) is 4.39 Å². The van der Waals surface area contributed by atoms with E-state index in [1.165, 1.54) is 0 Å². The monoisotopic (exact) mass is 356 g/mol. The van der Waals surface area contributed by atoms with Crippen molar-refractivity contribution in [1.29, 1.82) is 0 Å². The van der Waals surface area contributed by atoms with Crippen molar-refractivity contribution in [3.05, 3.63) is 54.1 Å². The van der Waals surface area contributed by atoms with Crippen LogP contribution in [-0.4, -0.2) is 54.6 Å². The lowest BCUT2D eigenvalue weighted by atomic mass is 10.2. The Balaban J connectivity index is 1.40. The van der Waals surface area contributed by atoms with Crippen molar-refractivity contribution >= 4 is 0 Å². The highest BCUT2D eigenvalue weighted by Gasteiger charge is 2.27. The highest BCUT2D eigenvalue weighted by molar-refractivity contribution is 5.30. The number of halogens is 1. The molecule has 0 radical (unpaired) electrons. The molecule has 26 heavy (non-hydrogen) atoms. The van der Waals surface area contributed by atoms with E-state index in [0.29, 0.717) is 31.9 Å². The molecule has 0 bridgehead atoms. The second-order valence-corrected chi connectivity index (χ2v) is 6.53. The van der Waals surface area contributed by atoms with Gasteiger partial charge in [0.05, 0.1) is 24.8 Å². The number of nitrogens with one attached hydrogen (secondary N) is 2. The smallest absolute Gasteiger partial charge is 0.167 e. The van der Waals surface area contributed by atoms with E-state index in [4.69, 9.17) is 0 Å². The summed E-state index contributed by atoms with van der Waals surface area (Å²) >= 11 is 0. The molecule has 2 aromatic heterocycles. The molecule has 3 aromatic rings. The van der Waals surface area contributed by atoms with Gasteiger partial charge in [-0.2, -0.15) is 10.2 Å². The summed E-state index contributed by atoms with van der Waals surface area (Å²) in [7, 11) is 1.98. The molecule has 0 unspecified atom stereocenters. The average molecular weight is 356 g/mol. The molecule has 136 valence electrons. The molecule has 3 heterocycles. The van der Waals surface area contributed by atoms with Crippen LogP contribution in [0.2, 0.25) is 0 Å². The molecule has 2 N–H and O–H groups in total. The van der Waals surface area contributed by atoms with Crippen molar-refractivity contribution in [2.45, 2.75) is 31.7 Å². The fraction of sp³-hybridized carbons (Fsp3) is 0.412. The van der Waals surface area contributed by atoms with E-state index in [2.05, 4.69) is 35.5 Å². The van der Waals surface area contributed by atoms with E-state index in [-0.39, 0.29) is 6.04 Å². The van der Waals surface area contributed by atoms with Gasteiger partial charge in [0.15, 0.2) is 5.82 Å². The van der Waals surface area contributed by atoms with Crippen LogP contribution in [-0.2, 0) is 13.1 Å². The summed E-state index contributed by atoms with van der Waals surface area (Å²) in [4.78, 5) is 10.9. The Bertz CT molecular complexity index is 845. The Morgan fingerprint density at radius 3 is 2.88 bits per heavy atom. The maximum Gasteiger partial charge on any atom is 0.167 e. The number of para-hydroxylation sites is 1. The first kappa shape index (κ1) is 16.8. The lowest BCUT2D eigenvalue weighted by Gasteiger charge is -2.15. The zero-order chi connectivity index (χ0) is 17.9. The van der Waals surface area contributed by atoms with Crippen LogP contribution >= 0.6 is 0 Å². The Morgan fingerprint density at radius 1 is 1.27 bits per heavy atom. The Labute approximate surface area is 150 Å². The molecule has 9 heteroatoms. The van der Waals surface area contributed by atoms with Crippen molar-refractivity contribution in [1.82, 2.24) is 40.2 Å². The standard InChI is InChI=1S/C17H21FN8/c1-25(9-15-22-17(24-23-15)14-7-12(18)8-19-14)10-16-20-11-21-26(16)13-5-3-2-4-6-13/h2-6,11-12,14,19H,7-10H2,1H3,(H,22,23,24)/t12-,14+/m0/s1. The van der Waals surface area contributed by atoms with Crippen LogP contribution in [0.15, 0.2) is 36.7 Å². The predicted octanol–water partition coefficient (Wildman–Crippen LogP) is 1.39. The fourth-order valence-electron chi connectivity index (χ4n) is 3.14. The van der Waals surface area contributed by atoms with Crippen LogP contribution in [0.3, 0.4) is 0 Å². The van der Waals surface area contributed by atoms with Gasteiger partial charge in [-0.1, -0.05) is 18.2 Å². The van der Waals surface area contributed by atoms with Gasteiger partial charge in [-0.25, -0.2) is 19.0 Å². The first-order chi connectivity index (χ1) is 12.7. The first-order valence-electron chi connectivity index (χ1n) is 8.60. The summed E-state index contributed by atoms with van der Waals surface area (Å²) in [6.07, 6.45) is 1.16. The summed E-state index contributed by atoms with van der Waals surface area (Å²) in [5, 5.41) is 14.6. The summed E-state index contributed by atoms with van der Waals surface area (Å²) in [6, 6.07) is 9.79. The summed E-state index contributed by atoms with van der Waals surface area (Å²) in [5.41, 5.74) is 0.975. The van der Waals surface area contributed by atoms with Gasteiger partial charge < -0.3 is 5.32 Å². The largest absolute Gasteiger partial charge is 0.304 e. The van der Waals surface area contributed by atoms with E-state index >= 15 is 0 Å². The van der Waals surface area contributed by atoms with Gasteiger partial charge in [-0.3, -0.25) is 10.00 Å². The molecule has 2 atom stereocenters. The molecule has 1 aliphatic heterocycles. The van der Waals surface area contributed by atoms with Crippen molar-refractivity contribution in [3.8, 4) is 5.69 Å². The highest BCUT2D eigenvalue weighted by atomic mass is 19.1. The quantitative estimate of drug-likeness (QED) is 0.694. The summed E-state index contributed by atoms with van der Waals surface area (Å²) < 4.78 is 15.1. The number of aromatic nitrogens is 6. The minimum absolute atomic E-state index is 0.110. The SMILES string of the molecule is CN(Cc1nc([C@H]2C[C@H](F)CN2)n[nH]1)Cc1ncnn1-c1ccccc1. The van der Waals surface area contributed by atoms with Gasteiger partial charge in [0.25, 0.3) is 0 Å². The number of alkyl halides is 1. The second kappa shape index (κ2) is 7.30. The number of H-pyrrole nitrogens is 1. The summed E-state index contributed by atoms with van der Waals surface area (Å²) in [5.74, 6) is 2.22. The number of rotatable bonds is 6. The molecular formula is C17H21FN8. The molecule has 1 fully saturated rings. The second-order valence-electron chi connectivity index (χ2n) is 6.53. The third-order valence-electron chi connectivity index (χ3n) is 4.39. The normalized spacial score (nSPS) is 20.1. The number of aromatic amines is 1. The topological polar surface area (TPSA) is 87.6 Å². The van der Waals surface area contributed by atoms with Crippen molar-refractivity contribution < 1.29 is 4.39 Å². The Kier molecular flexibility index (Phi) is 4.72. The molecular weight excluding hydrogens is 335 g/mol. The minimum atomic E-state index is -0.825. The molecule has 1 aliphatic rings. The van der Waals surface area contributed by atoms with Gasteiger partial charge in [-0.05, 0) is 19.2 Å². The number of nitrogens with zero attached hydrogens (tertiary/aromatic N) is 6. The van der Waals surface area contributed by atoms with E-state index in [0.717, 1.165) is 17.3 Å². The molecule has 0 saturated carbocycles. The maximum absolute atomic E-state index is 13.3. The molecule has 0 aliphatic carbocycles. The molecule has 8 nitrogen and oxygen atoms in total. The van der Waals surface area contributed by atoms with Crippen molar-refractivity contribution in [2.24, 2.45) is 0 Å². The first-order valence-corrected chi connectivity index (χ1v) is 8.60. The van der Waals surface area contributed by atoms with Crippen LogP contribution < -0.4 is 5.32 Å². The minimum Gasteiger partial charge on any atom is -0.304 e. The molecule has 0 spiro atoms. The van der Waals surface area contributed by atoms with E-state index < -0.39 is 6.17 Å². The number of hydrogen-bond acceptors (Lipinski definition) is 6. The van der Waals surface area contributed by atoms with E-state index in [1.807, 2.05) is 42.1 Å². The Morgan fingerprint density at radius 2 is 2.12 bits per heavy atom. The molecule has 1 saturated heterocycles. The van der Waals surface area contributed by atoms with Gasteiger partial charge in [-0.15, -0.1) is 0 Å². The third kappa shape index (κ3) is 3.63. The van der Waals surface area contributed by atoms with Crippen LogP contribution in [0.5, 0.6) is 0 Å². The van der Waals surface area contributed by atoms with Crippen LogP contribution in [0, 0.1) is 0 Å². The van der Waals surface area contributed by atoms with Crippen molar-refractivity contribution in [3.63, 3.8) is 0 Å². The van der Waals surface area contributed by atoms with Crippen LogP contribution in [0.1, 0.15) is 29.9 Å². The third-order valence-corrected chi connectivity index (χ3v) is 4.39. The van der Waals surface area contributed by atoms with Crippen molar-refractivity contribution in [2.75, 3.05) is 13.6 Å². The van der Waals surface area contributed by atoms with Gasteiger partial charge in [0.1, 0.15) is 24.1 Å². The predicted molar refractivity (Wildman–Crippen MR) is 93.2 cm³/mol. The van der Waals surface area contributed by atoms with Gasteiger partial charge in [0, 0.05) is 13.0 Å². The van der Waals surface area contributed by atoms with Gasteiger partial charge >= 0.3 is 0 Å². The summed E-state index contributed by atoms with van der Waals surface area (Å²) in [6.45, 7) is 1.56. The molecule has 1 aromatic carbocycles. The van der Waals surface area contributed by atoms with Crippen LogP contribution in [0.4, 0.5) is 4.39 Å². The maximum atomic E-state index is 13.3.